The van der Waals surface area contributed by atoms with E-state index in [9.17, 15) is 9.90 Å². The quantitative estimate of drug-likeness (QED) is 0.187. The van der Waals surface area contributed by atoms with E-state index in [1.54, 1.807) is 0 Å². The molecule has 0 saturated carbocycles. The first-order valence-electron chi connectivity index (χ1n) is 12.5. The second-order valence-corrected chi connectivity index (χ2v) is 8.61. The predicted molar refractivity (Wildman–Crippen MR) is 121 cm³/mol. The first kappa shape index (κ1) is 27.4. The van der Waals surface area contributed by atoms with E-state index in [1.165, 1.54) is 83.5 Å². The van der Waals surface area contributed by atoms with E-state index in [4.69, 9.17) is 4.74 Å². The van der Waals surface area contributed by atoms with E-state index >= 15 is 0 Å². The van der Waals surface area contributed by atoms with Gasteiger partial charge in [0.1, 0.15) is 0 Å². The SMILES string of the molecule is CCCCCCCCCCCCCCCCC(C(=O)O)C(C)OCCCCC. The van der Waals surface area contributed by atoms with Crippen LogP contribution in [0, 0.1) is 5.92 Å². The zero-order valence-electron chi connectivity index (χ0n) is 19.4. The molecule has 0 rings (SSSR count). The molecule has 0 amide bonds. The number of hydrogen-bond acceptors (Lipinski definition) is 2. The Balaban J connectivity index is 3.51. The summed E-state index contributed by atoms with van der Waals surface area (Å²) in [5.74, 6) is -1.04. The van der Waals surface area contributed by atoms with Gasteiger partial charge < -0.3 is 9.84 Å². The average Bonchev–Trinajstić information content (AvgIpc) is 2.68. The molecule has 0 aliphatic heterocycles. The molecule has 0 radical (unpaired) electrons. The van der Waals surface area contributed by atoms with Crippen molar-refractivity contribution in [2.24, 2.45) is 5.92 Å². The van der Waals surface area contributed by atoms with Crippen molar-refractivity contribution in [1.29, 1.82) is 0 Å². The van der Waals surface area contributed by atoms with Gasteiger partial charge in [-0.25, -0.2) is 0 Å². The maximum absolute atomic E-state index is 11.5. The van der Waals surface area contributed by atoms with Crippen molar-refractivity contribution in [1.82, 2.24) is 0 Å². The summed E-state index contributed by atoms with van der Waals surface area (Å²) in [5.41, 5.74) is 0. The zero-order chi connectivity index (χ0) is 20.9. The normalized spacial score (nSPS) is 13.5. The van der Waals surface area contributed by atoms with Crippen LogP contribution in [0.25, 0.3) is 0 Å². The van der Waals surface area contributed by atoms with Crippen molar-refractivity contribution in [3.05, 3.63) is 0 Å². The second-order valence-electron chi connectivity index (χ2n) is 8.61. The molecular weight excluding hydrogens is 348 g/mol. The van der Waals surface area contributed by atoms with Crippen LogP contribution in [-0.2, 0) is 9.53 Å². The summed E-state index contributed by atoms with van der Waals surface area (Å²) < 4.78 is 5.76. The van der Waals surface area contributed by atoms with E-state index in [0.29, 0.717) is 6.61 Å². The molecule has 0 aliphatic carbocycles. The monoisotopic (exact) mass is 398 g/mol. The molecule has 0 bridgehead atoms. The molecule has 28 heavy (non-hydrogen) atoms. The highest BCUT2D eigenvalue weighted by molar-refractivity contribution is 5.70. The summed E-state index contributed by atoms with van der Waals surface area (Å²) in [4.78, 5) is 11.5. The van der Waals surface area contributed by atoms with Gasteiger partial charge in [0, 0.05) is 6.61 Å². The summed E-state index contributed by atoms with van der Waals surface area (Å²) in [7, 11) is 0. The van der Waals surface area contributed by atoms with Gasteiger partial charge in [0.25, 0.3) is 0 Å². The Morgan fingerprint density at radius 3 is 1.50 bits per heavy atom. The molecule has 0 aliphatic rings. The number of carboxylic acid groups (broad SMARTS) is 1. The lowest BCUT2D eigenvalue weighted by atomic mass is 9.95. The van der Waals surface area contributed by atoms with Gasteiger partial charge in [-0.1, -0.05) is 117 Å². The fourth-order valence-corrected chi connectivity index (χ4v) is 3.86. The molecule has 0 saturated heterocycles. The molecule has 0 heterocycles. The summed E-state index contributed by atoms with van der Waals surface area (Å²) in [6.07, 6.45) is 22.6. The van der Waals surface area contributed by atoms with E-state index in [1.807, 2.05) is 6.92 Å². The van der Waals surface area contributed by atoms with Gasteiger partial charge in [-0.3, -0.25) is 4.79 Å². The first-order chi connectivity index (χ1) is 13.6. The highest BCUT2D eigenvalue weighted by Gasteiger charge is 2.24. The third-order valence-electron chi connectivity index (χ3n) is 5.88. The number of rotatable bonds is 22. The Morgan fingerprint density at radius 2 is 1.07 bits per heavy atom. The van der Waals surface area contributed by atoms with Crippen LogP contribution in [0.15, 0.2) is 0 Å². The van der Waals surface area contributed by atoms with Gasteiger partial charge in [0.2, 0.25) is 0 Å². The lowest BCUT2D eigenvalue weighted by molar-refractivity contribution is -0.147. The van der Waals surface area contributed by atoms with Crippen LogP contribution in [0.1, 0.15) is 136 Å². The van der Waals surface area contributed by atoms with Gasteiger partial charge in [0.05, 0.1) is 12.0 Å². The molecule has 2 atom stereocenters. The number of carbonyl (C=O) groups is 1. The number of unbranched alkanes of at least 4 members (excludes halogenated alkanes) is 15. The lowest BCUT2D eigenvalue weighted by Crippen LogP contribution is -2.28. The summed E-state index contributed by atoms with van der Waals surface area (Å²) >= 11 is 0. The smallest absolute Gasteiger partial charge is 0.309 e. The van der Waals surface area contributed by atoms with E-state index < -0.39 is 5.97 Å². The third kappa shape index (κ3) is 17.5. The van der Waals surface area contributed by atoms with Crippen molar-refractivity contribution in [2.75, 3.05) is 6.61 Å². The number of hydrogen-bond donors (Lipinski definition) is 1. The van der Waals surface area contributed by atoms with Crippen LogP contribution in [0.5, 0.6) is 0 Å². The fourth-order valence-electron chi connectivity index (χ4n) is 3.86. The Kier molecular flexibility index (Phi) is 20.7. The predicted octanol–water partition coefficient (Wildman–Crippen LogP) is 8.15. The molecule has 2 unspecified atom stereocenters. The Morgan fingerprint density at radius 1 is 0.679 bits per heavy atom. The molecule has 0 aromatic rings. The molecule has 0 aromatic carbocycles. The molecule has 3 heteroatoms. The third-order valence-corrected chi connectivity index (χ3v) is 5.88. The highest BCUT2D eigenvalue weighted by atomic mass is 16.5. The van der Waals surface area contributed by atoms with Crippen LogP contribution in [0.3, 0.4) is 0 Å². The van der Waals surface area contributed by atoms with E-state index in [0.717, 1.165) is 32.1 Å². The van der Waals surface area contributed by atoms with Crippen LogP contribution < -0.4 is 0 Å². The summed E-state index contributed by atoms with van der Waals surface area (Å²) in [6, 6.07) is 0. The van der Waals surface area contributed by atoms with Gasteiger partial charge >= 0.3 is 5.97 Å². The molecule has 1 N–H and O–H groups in total. The van der Waals surface area contributed by atoms with Crippen molar-refractivity contribution in [2.45, 2.75) is 142 Å². The summed E-state index contributed by atoms with van der Waals surface area (Å²) in [5, 5.41) is 9.47. The minimum atomic E-state index is -0.697. The summed E-state index contributed by atoms with van der Waals surface area (Å²) in [6.45, 7) is 7.06. The Bertz CT molecular complexity index is 330. The molecule has 0 aromatic heterocycles. The highest BCUT2D eigenvalue weighted by Crippen LogP contribution is 2.19. The number of ether oxygens (including phenoxy) is 1. The maximum Gasteiger partial charge on any atom is 0.309 e. The van der Waals surface area contributed by atoms with Gasteiger partial charge in [-0.15, -0.1) is 0 Å². The molecule has 0 spiro atoms. The van der Waals surface area contributed by atoms with Gasteiger partial charge in [0.15, 0.2) is 0 Å². The topological polar surface area (TPSA) is 46.5 Å². The standard InChI is InChI=1S/C25H50O3/c1-4-6-8-9-10-11-12-13-14-15-16-17-18-19-21-24(25(26)27)23(3)28-22-20-7-5-2/h23-24H,4-22H2,1-3H3,(H,26,27). The zero-order valence-corrected chi connectivity index (χ0v) is 19.4. The second kappa shape index (κ2) is 21.1. The minimum absolute atomic E-state index is 0.170. The van der Waals surface area contributed by atoms with E-state index in [2.05, 4.69) is 13.8 Å². The number of aliphatic carboxylic acids is 1. The lowest BCUT2D eigenvalue weighted by Gasteiger charge is -2.20. The van der Waals surface area contributed by atoms with Gasteiger partial charge in [-0.05, 0) is 19.8 Å². The number of carboxylic acids is 1. The Labute approximate surface area is 176 Å². The average molecular weight is 399 g/mol. The maximum atomic E-state index is 11.5. The van der Waals surface area contributed by atoms with Crippen molar-refractivity contribution < 1.29 is 14.6 Å². The van der Waals surface area contributed by atoms with Crippen molar-refractivity contribution in [3.63, 3.8) is 0 Å². The molecule has 0 fully saturated rings. The van der Waals surface area contributed by atoms with Crippen molar-refractivity contribution >= 4 is 5.97 Å². The minimum Gasteiger partial charge on any atom is -0.481 e. The Hall–Kier alpha value is -0.570. The fraction of sp³-hybridized carbons (Fsp3) is 0.960. The van der Waals surface area contributed by atoms with E-state index in [-0.39, 0.29) is 12.0 Å². The van der Waals surface area contributed by atoms with Crippen LogP contribution in [0.2, 0.25) is 0 Å². The van der Waals surface area contributed by atoms with Crippen LogP contribution in [0.4, 0.5) is 0 Å². The van der Waals surface area contributed by atoms with Gasteiger partial charge in [-0.2, -0.15) is 0 Å². The van der Waals surface area contributed by atoms with Crippen LogP contribution >= 0.6 is 0 Å². The molecule has 168 valence electrons. The van der Waals surface area contributed by atoms with Crippen molar-refractivity contribution in [3.8, 4) is 0 Å². The van der Waals surface area contributed by atoms with Crippen LogP contribution in [-0.4, -0.2) is 23.8 Å². The molecular formula is C25H50O3. The largest absolute Gasteiger partial charge is 0.481 e. The first-order valence-corrected chi connectivity index (χ1v) is 12.5. The molecule has 3 nitrogen and oxygen atoms in total.